The number of unbranched alkanes of at least 4 members (excludes halogenated alkanes) is 1. The van der Waals surface area contributed by atoms with Gasteiger partial charge in [0, 0.05) is 6.42 Å². The molecule has 1 aromatic heterocycles. The largest absolute Gasteiger partial charge is 0.508 e. The number of imidazole rings is 1. The summed E-state index contributed by atoms with van der Waals surface area (Å²) < 4.78 is 13.8. The Morgan fingerprint density at radius 3 is 2.59 bits per heavy atom. The number of aromatic nitrogens is 2. The van der Waals surface area contributed by atoms with Gasteiger partial charge in [-0.2, -0.15) is 0 Å². The molecule has 0 aromatic carbocycles. The fourth-order valence-electron chi connectivity index (χ4n) is 1.38. The van der Waals surface area contributed by atoms with Crippen LogP contribution in [0.1, 0.15) is 26.2 Å². The third-order valence-corrected chi connectivity index (χ3v) is 2.32. The number of aryl methyl sites for hydroxylation is 2. The first kappa shape index (κ1) is 13.5. The van der Waals surface area contributed by atoms with Crippen LogP contribution in [0, 0.1) is 0 Å². The molecule has 96 valence electrons. The molecule has 5 heteroatoms. The lowest BCUT2D eigenvalue weighted by Gasteiger charge is -2.04. The van der Waals surface area contributed by atoms with Gasteiger partial charge in [0.15, 0.2) is 0 Å². The number of hydrogen-bond acceptors (Lipinski definition) is 3. The number of ether oxygens (including phenoxy) is 2. The van der Waals surface area contributed by atoms with Gasteiger partial charge in [0.2, 0.25) is 6.33 Å². The van der Waals surface area contributed by atoms with Crippen LogP contribution in [-0.4, -0.2) is 23.9 Å². The summed E-state index contributed by atoms with van der Waals surface area (Å²) in [5.41, 5.74) is 0. The molecule has 0 amide bonds. The quantitative estimate of drug-likeness (QED) is 0.414. The molecule has 0 spiro atoms. The third kappa shape index (κ3) is 5.94. The molecule has 0 aliphatic heterocycles. The zero-order valence-corrected chi connectivity index (χ0v) is 10.6. The minimum Gasteiger partial charge on any atom is -0.434 e. The highest BCUT2D eigenvalue weighted by Crippen LogP contribution is 1.93. The van der Waals surface area contributed by atoms with E-state index in [-0.39, 0.29) is 0 Å². The van der Waals surface area contributed by atoms with E-state index in [1.807, 2.05) is 41.8 Å². The third-order valence-electron chi connectivity index (χ3n) is 2.32. The van der Waals surface area contributed by atoms with Crippen LogP contribution in [0.2, 0.25) is 0 Å². The fraction of sp³-hybridized carbons (Fsp3) is 0.667. The van der Waals surface area contributed by atoms with E-state index in [1.165, 1.54) is 0 Å². The van der Waals surface area contributed by atoms with Crippen molar-refractivity contribution >= 4 is 6.16 Å². The van der Waals surface area contributed by atoms with Crippen molar-refractivity contribution in [3.8, 4) is 0 Å². The predicted octanol–water partition coefficient (Wildman–Crippen LogP) is 1.66. The number of carbonyl (C=O) groups is 1. The van der Waals surface area contributed by atoms with Gasteiger partial charge in [-0.1, -0.05) is 13.3 Å². The van der Waals surface area contributed by atoms with Gasteiger partial charge in [-0.15, -0.1) is 0 Å². The smallest absolute Gasteiger partial charge is 0.434 e. The number of rotatable bonds is 7. The molecule has 0 unspecified atom stereocenters. The van der Waals surface area contributed by atoms with Gasteiger partial charge in [0.05, 0.1) is 26.8 Å². The predicted molar refractivity (Wildman–Crippen MR) is 62.4 cm³/mol. The number of hydrogen-bond donors (Lipinski definition) is 0. The van der Waals surface area contributed by atoms with E-state index in [9.17, 15) is 4.79 Å². The zero-order valence-electron chi connectivity index (χ0n) is 10.6. The van der Waals surface area contributed by atoms with Crippen molar-refractivity contribution in [2.75, 3.05) is 13.2 Å². The van der Waals surface area contributed by atoms with Crippen molar-refractivity contribution in [1.29, 1.82) is 0 Å². The summed E-state index contributed by atoms with van der Waals surface area (Å²) in [4.78, 5) is 11.1. The number of carbonyl (C=O) groups excluding carboxylic acids is 1. The first-order valence-electron chi connectivity index (χ1n) is 6.03. The van der Waals surface area contributed by atoms with E-state index in [4.69, 9.17) is 9.47 Å². The van der Waals surface area contributed by atoms with Gasteiger partial charge in [0.1, 0.15) is 12.4 Å². The Bertz CT molecular complexity index is 336. The molecule has 5 nitrogen and oxygen atoms in total. The normalized spacial score (nSPS) is 10.2. The van der Waals surface area contributed by atoms with Gasteiger partial charge in [-0.05, 0) is 6.42 Å². The van der Waals surface area contributed by atoms with E-state index in [1.54, 1.807) is 0 Å². The Hall–Kier alpha value is -1.52. The van der Waals surface area contributed by atoms with Crippen molar-refractivity contribution in [2.45, 2.75) is 32.7 Å². The lowest BCUT2D eigenvalue weighted by molar-refractivity contribution is -0.696. The van der Waals surface area contributed by atoms with Gasteiger partial charge in [-0.3, -0.25) is 0 Å². The standard InChI is InChI=1S/C12H21N2O3/c1-3-4-9-16-12(15)17-10-5-6-14-8-7-13(2)11-14/h7-8,11H,3-6,9-10H2,1-2H3/q+1. The van der Waals surface area contributed by atoms with E-state index < -0.39 is 6.16 Å². The molecule has 0 N–H and O–H groups in total. The summed E-state index contributed by atoms with van der Waals surface area (Å²) in [5.74, 6) is 0. The summed E-state index contributed by atoms with van der Waals surface area (Å²) in [5, 5.41) is 0. The first-order chi connectivity index (χ1) is 8.22. The van der Waals surface area contributed by atoms with Gasteiger partial charge in [0.25, 0.3) is 0 Å². The highest BCUT2D eigenvalue weighted by Gasteiger charge is 2.04. The monoisotopic (exact) mass is 241 g/mol. The van der Waals surface area contributed by atoms with Gasteiger partial charge >= 0.3 is 6.16 Å². The number of nitrogens with zero attached hydrogens (tertiary/aromatic N) is 2. The van der Waals surface area contributed by atoms with Crippen LogP contribution in [0.25, 0.3) is 0 Å². The van der Waals surface area contributed by atoms with E-state index >= 15 is 0 Å². The average Bonchev–Trinajstić information content (AvgIpc) is 2.71. The first-order valence-corrected chi connectivity index (χ1v) is 6.03. The molecule has 0 radical (unpaired) electrons. The van der Waals surface area contributed by atoms with Crippen LogP contribution in [0.5, 0.6) is 0 Å². The zero-order chi connectivity index (χ0) is 12.5. The second-order valence-electron chi connectivity index (χ2n) is 3.97. The van der Waals surface area contributed by atoms with Gasteiger partial charge in [-0.25, -0.2) is 13.9 Å². The maximum atomic E-state index is 11.1. The SMILES string of the molecule is CCCCOC(=O)OCCC[n+]1ccn(C)c1. The Morgan fingerprint density at radius 2 is 2.00 bits per heavy atom. The molecule has 0 bridgehead atoms. The molecule has 1 heterocycles. The molecule has 1 aromatic rings. The van der Waals surface area contributed by atoms with Crippen LogP contribution in [0.3, 0.4) is 0 Å². The Balaban J connectivity index is 2.02. The highest BCUT2D eigenvalue weighted by atomic mass is 16.7. The minimum atomic E-state index is -0.559. The summed E-state index contributed by atoms with van der Waals surface area (Å²) in [6.07, 6.45) is 8.07. The highest BCUT2D eigenvalue weighted by molar-refractivity contribution is 5.59. The second-order valence-corrected chi connectivity index (χ2v) is 3.97. The van der Waals surface area contributed by atoms with Crippen molar-refractivity contribution in [3.05, 3.63) is 18.7 Å². The molecule has 0 atom stereocenters. The summed E-state index contributed by atoms with van der Waals surface area (Å²) >= 11 is 0. The summed E-state index contributed by atoms with van der Waals surface area (Å²) in [7, 11) is 1.97. The average molecular weight is 241 g/mol. The molecule has 17 heavy (non-hydrogen) atoms. The van der Waals surface area contributed by atoms with Crippen LogP contribution in [-0.2, 0) is 23.1 Å². The topological polar surface area (TPSA) is 44.3 Å². The van der Waals surface area contributed by atoms with Crippen LogP contribution in [0.15, 0.2) is 18.7 Å². The Morgan fingerprint density at radius 1 is 1.29 bits per heavy atom. The minimum absolute atomic E-state index is 0.396. The summed E-state index contributed by atoms with van der Waals surface area (Å²) in [6, 6.07) is 0. The lowest BCUT2D eigenvalue weighted by Crippen LogP contribution is -2.31. The molecule has 0 saturated heterocycles. The molecule has 1 rings (SSSR count). The fourth-order valence-corrected chi connectivity index (χ4v) is 1.38. The lowest BCUT2D eigenvalue weighted by atomic mass is 10.4. The van der Waals surface area contributed by atoms with Crippen molar-refractivity contribution < 1.29 is 18.8 Å². The van der Waals surface area contributed by atoms with Crippen molar-refractivity contribution in [1.82, 2.24) is 4.57 Å². The van der Waals surface area contributed by atoms with Crippen LogP contribution in [0.4, 0.5) is 4.79 Å². The molecular weight excluding hydrogens is 220 g/mol. The Labute approximate surface area is 102 Å². The maximum Gasteiger partial charge on any atom is 0.508 e. The van der Waals surface area contributed by atoms with E-state index in [0.29, 0.717) is 13.2 Å². The van der Waals surface area contributed by atoms with E-state index in [0.717, 1.165) is 25.8 Å². The molecule has 0 fully saturated rings. The summed E-state index contributed by atoms with van der Waals surface area (Å²) in [6.45, 7) is 3.73. The van der Waals surface area contributed by atoms with Crippen molar-refractivity contribution in [3.63, 3.8) is 0 Å². The van der Waals surface area contributed by atoms with Crippen LogP contribution < -0.4 is 4.57 Å². The molecule has 0 aliphatic rings. The maximum absolute atomic E-state index is 11.1. The van der Waals surface area contributed by atoms with Crippen LogP contribution >= 0.6 is 0 Å². The van der Waals surface area contributed by atoms with Crippen molar-refractivity contribution in [2.24, 2.45) is 7.05 Å². The molecule has 0 aliphatic carbocycles. The van der Waals surface area contributed by atoms with E-state index in [2.05, 4.69) is 0 Å². The van der Waals surface area contributed by atoms with Gasteiger partial charge < -0.3 is 9.47 Å². The second kappa shape index (κ2) is 7.70. The molecular formula is C12H21N2O3+. The molecule has 0 saturated carbocycles. The Kier molecular flexibility index (Phi) is 6.14.